The molecule has 4 nitrogen and oxygen atoms in total. The zero-order valence-electron chi connectivity index (χ0n) is 13.9. The second-order valence-corrected chi connectivity index (χ2v) is 7.72. The topological polar surface area (TPSA) is 46.9 Å². The lowest BCUT2D eigenvalue weighted by Gasteiger charge is -2.25. The van der Waals surface area contributed by atoms with Gasteiger partial charge in [-0.05, 0) is 25.2 Å². The first-order valence-corrected chi connectivity index (χ1v) is 8.44. The highest BCUT2D eigenvalue weighted by Gasteiger charge is 2.25. The monoisotopic (exact) mass is 301 g/mol. The molecule has 0 saturated heterocycles. The van der Waals surface area contributed by atoms with Crippen LogP contribution < -0.4 is 5.32 Å². The third kappa shape index (κ3) is 3.42. The van der Waals surface area contributed by atoms with Crippen LogP contribution in [-0.2, 0) is 23.2 Å². The number of rotatable bonds is 3. The van der Waals surface area contributed by atoms with Crippen molar-refractivity contribution in [1.82, 2.24) is 14.9 Å². The lowest BCUT2D eigenvalue weighted by molar-refractivity contribution is -0.122. The summed E-state index contributed by atoms with van der Waals surface area (Å²) in [6.07, 6.45) is 11.4. The van der Waals surface area contributed by atoms with Gasteiger partial charge in [-0.2, -0.15) is 0 Å². The van der Waals surface area contributed by atoms with Gasteiger partial charge in [-0.1, -0.05) is 32.9 Å². The van der Waals surface area contributed by atoms with Crippen LogP contribution >= 0.6 is 0 Å². The highest BCUT2D eigenvalue weighted by atomic mass is 16.1. The van der Waals surface area contributed by atoms with Crippen LogP contribution in [0.3, 0.4) is 0 Å². The highest BCUT2D eigenvalue weighted by molar-refractivity contribution is 5.76. The van der Waals surface area contributed by atoms with Crippen molar-refractivity contribution in [2.75, 3.05) is 0 Å². The highest BCUT2D eigenvalue weighted by Crippen LogP contribution is 2.25. The number of hydrogen-bond acceptors (Lipinski definition) is 2. The number of allylic oxidation sites excluding steroid dienone is 2. The summed E-state index contributed by atoms with van der Waals surface area (Å²) in [6, 6.07) is 0.243. The quantitative estimate of drug-likeness (QED) is 0.873. The number of hydrogen-bond donors (Lipinski definition) is 1. The summed E-state index contributed by atoms with van der Waals surface area (Å²) in [5, 5.41) is 3.21. The molecular weight excluding hydrogens is 274 g/mol. The number of nitrogens with zero attached hydrogens (tertiary/aromatic N) is 2. The Hall–Kier alpha value is -1.58. The van der Waals surface area contributed by atoms with E-state index in [1.54, 1.807) is 0 Å². The molecule has 1 aliphatic heterocycles. The lowest BCUT2D eigenvalue weighted by Crippen LogP contribution is -2.41. The molecule has 0 aromatic carbocycles. The van der Waals surface area contributed by atoms with E-state index in [0.29, 0.717) is 12.3 Å². The van der Waals surface area contributed by atoms with Crippen LogP contribution in [0.5, 0.6) is 0 Å². The van der Waals surface area contributed by atoms with Crippen LogP contribution in [0, 0.1) is 5.92 Å². The zero-order chi connectivity index (χ0) is 15.7. The van der Waals surface area contributed by atoms with Crippen LogP contribution in [0.25, 0.3) is 0 Å². The van der Waals surface area contributed by atoms with Gasteiger partial charge in [0.25, 0.3) is 0 Å². The minimum absolute atomic E-state index is 0.0812. The largest absolute Gasteiger partial charge is 0.352 e. The van der Waals surface area contributed by atoms with Crippen LogP contribution in [0.1, 0.15) is 58.0 Å². The molecule has 4 heteroatoms. The van der Waals surface area contributed by atoms with Gasteiger partial charge in [-0.15, -0.1) is 0 Å². The Morgan fingerprint density at radius 2 is 2.23 bits per heavy atom. The van der Waals surface area contributed by atoms with Crippen molar-refractivity contribution >= 4 is 5.91 Å². The van der Waals surface area contributed by atoms with Crippen molar-refractivity contribution in [2.24, 2.45) is 5.92 Å². The second kappa shape index (κ2) is 5.90. The first-order valence-electron chi connectivity index (χ1n) is 8.44. The predicted molar refractivity (Wildman–Crippen MR) is 87.7 cm³/mol. The van der Waals surface area contributed by atoms with Gasteiger partial charge in [0.15, 0.2) is 0 Å². The van der Waals surface area contributed by atoms with E-state index in [0.717, 1.165) is 43.7 Å². The Labute approximate surface area is 133 Å². The molecule has 22 heavy (non-hydrogen) atoms. The van der Waals surface area contributed by atoms with E-state index in [4.69, 9.17) is 4.98 Å². The molecule has 2 atom stereocenters. The Balaban J connectivity index is 1.58. The van der Waals surface area contributed by atoms with E-state index in [1.165, 1.54) is 0 Å². The summed E-state index contributed by atoms with van der Waals surface area (Å²) in [6.45, 7) is 7.42. The molecule has 1 aliphatic carbocycles. The van der Waals surface area contributed by atoms with Crippen molar-refractivity contribution in [3.8, 4) is 0 Å². The minimum atomic E-state index is 0.0812. The Morgan fingerprint density at radius 1 is 1.41 bits per heavy atom. The summed E-state index contributed by atoms with van der Waals surface area (Å²) < 4.78 is 2.23. The number of aromatic nitrogens is 2. The van der Waals surface area contributed by atoms with Crippen molar-refractivity contribution < 1.29 is 4.79 Å². The lowest BCUT2D eigenvalue weighted by atomic mass is 9.93. The van der Waals surface area contributed by atoms with Gasteiger partial charge in [0.1, 0.15) is 5.82 Å². The van der Waals surface area contributed by atoms with Gasteiger partial charge in [0, 0.05) is 37.0 Å². The molecule has 1 aromatic heterocycles. The molecule has 0 spiro atoms. The summed E-state index contributed by atoms with van der Waals surface area (Å²) >= 11 is 0. The van der Waals surface area contributed by atoms with Crippen molar-refractivity contribution in [2.45, 2.75) is 70.9 Å². The van der Waals surface area contributed by atoms with Gasteiger partial charge in [0.05, 0.1) is 5.69 Å². The molecule has 0 radical (unpaired) electrons. The summed E-state index contributed by atoms with van der Waals surface area (Å²) in [4.78, 5) is 16.9. The van der Waals surface area contributed by atoms with E-state index in [-0.39, 0.29) is 17.4 Å². The summed E-state index contributed by atoms with van der Waals surface area (Å²) in [7, 11) is 0. The SMILES string of the molecule is CC(C)(C)c1cn2c(n1)CC[C@@H](NC(=O)C[C@H]1C=CCC1)C2. The Morgan fingerprint density at radius 3 is 2.91 bits per heavy atom. The maximum Gasteiger partial charge on any atom is 0.220 e. The van der Waals surface area contributed by atoms with Crippen LogP contribution in [0.2, 0.25) is 0 Å². The third-order valence-corrected chi connectivity index (χ3v) is 4.69. The van der Waals surface area contributed by atoms with Crippen LogP contribution in [-0.4, -0.2) is 21.5 Å². The molecule has 1 aromatic rings. The van der Waals surface area contributed by atoms with Crippen LogP contribution in [0.4, 0.5) is 0 Å². The first-order chi connectivity index (χ1) is 10.4. The van der Waals surface area contributed by atoms with E-state index in [2.05, 4.69) is 49.0 Å². The van der Waals surface area contributed by atoms with Gasteiger partial charge in [-0.3, -0.25) is 4.79 Å². The van der Waals surface area contributed by atoms with E-state index < -0.39 is 0 Å². The van der Waals surface area contributed by atoms with E-state index in [1.807, 2.05) is 0 Å². The Bertz CT molecular complexity index is 580. The molecule has 2 aliphatic rings. The van der Waals surface area contributed by atoms with Crippen molar-refractivity contribution in [1.29, 1.82) is 0 Å². The molecule has 1 N–H and O–H groups in total. The molecule has 120 valence electrons. The number of nitrogens with one attached hydrogen (secondary N) is 1. The number of carbonyl (C=O) groups is 1. The third-order valence-electron chi connectivity index (χ3n) is 4.69. The maximum atomic E-state index is 12.2. The van der Waals surface area contributed by atoms with Gasteiger partial charge in [-0.25, -0.2) is 4.98 Å². The zero-order valence-corrected chi connectivity index (χ0v) is 13.9. The predicted octanol–water partition coefficient (Wildman–Crippen LogP) is 2.97. The van der Waals surface area contributed by atoms with Gasteiger partial charge < -0.3 is 9.88 Å². The smallest absolute Gasteiger partial charge is 0.220 e. The van der Waals surface area contributed by atoms with Crippen molar-refractivity contribution in [3.63, 3.8) is 0 Å². The second-order valence-electron chi connectivity index (χ2n) is 7.72. The summed E-state index contributed by atoms with van der Waals surface area (Å²) in [5.74, 6) is 1.80. The molecule has 0 bridgehead atoms. The molecule has 3 rings (SSSR count). The molecule has 2 heterocycles. The maximum absolute atomic E-state index is 12.2. The average molecular weight is 301 g/mol. The summed E-state index contributed by atoms with van der Waals surface area (Å²) in [5.41, 5.74) is 1.23. The normalized spacial score (nSPS) is 24.3. The molecule has 0 saturated carbocycles. The average Bonchev–Trinajstić information content (AvgIpc) is 3.06. The van der Waals surface area contributed by atoms with Gasteiger partial charge in [0.2, 0.25) is 5.91 Å². The number of imidazole rings is 1. The molecule has 0 unspecified atom stereocenters. The van der Waals surface area contributed by atoms with Crippen molar-refractivity contribution in [3.05, 3.63) is 29.9 Å². The Kier molecular flexibility index (Phi) is 4.11. The molecule has 0 fully saturated rings. The molecular formula is C18H27N3O. The fourth-order valence-electron chi connectivity index (χ4n) is 3.31. The number of amides is 1. The fraction of sp³-hybridized carbons (Fsp3) is 0.667. The number of aryl methyl sites for hydroxylation is 1. The molecule has 1 amide bonds. The van der Waals surface area contributed by atoms with Crippen LogP contribution in [0.15, 0.2) is 18.3 Å². The fourth-order valence-corrected chi connectivity index (χ4v) is 3.31. The minimum Gasteiger partial charge on any atom is -0.352 e. The van der Waals surface area contributed by atoms with E-state index >= 15 is 0 Å². The van der Waals surface area contributed by atoms with Gasteiger partial charge >= 0.3 is 0 Å². The standard InChI is InChI=1S/C18H27N3O/c1-18(2,3)15-12-21-11-14(8-9-16(21)20-15)19-17(22)10-13-6-4-5-7-13/h4,6,12-14H,5,7-11H2,1-3H3,(H,19,22)/t13-,14+/m0/s1. The van der Waals surface area contributed by atoms with E-state index in [9.17, 15) is 4.79 Å². The first kappa shape index (κ1) is 15.3. The number of fused-ring (bicyclic) bond motifs is 1. The number of carbonyl (C=O) groups excluding carboxylic acids is 1.